The number of carbonyl (C=O) groups is 2. The number of urea groups is 1. The van der Waals surface area contributed by atoms with Gasteiger partial charge in [0.15, 0.2) is 0 Å². The van der Waals surface area contributed by atoms with Crippen LogP contribution in [0.5, 0.6) is 0 Å². The first-order valence-electron chi connectivity index (χ1n) is 6.44. The Kier molecular flexibility index (Phi) is 5.97. The molecule has 7 heteroatoms. The van der Waals surface area contributed by atoms with Gasteiger partial charge in [-0.05, 0) is 13.8 Å². The lowest BCUT2D eigenvalue weighted by Crippen LogP contribution is -2.52. The molecule has 0 aromatic carbocycles. The average molecular weight is 286 g/mol. The largest absolute Gasteiger partial charge is 0.481 e. The quantitative estimate of drug-likeness (QED) is 0.464. The topological polar surface area (TPSA) is 96.9 Å². The number of amides is 2. The predicted molar refractivity (Wildman–Crippen MR) is 72.5 cm³/mol. The van der Waals surface area contributed by atoms with E-state index in [1.165, 1.54) is 0 Å². The van der Waals surface area contributed by atoms with Crippen LogP contribution in [0.25, 0.3) is 0 Å². The lowest BCUT2D eigenvalue weighted by molar-refractivity contribution is -0.148. The molecule has 2 unspecified atom stereocenters. The monoisotopic (exact) mass is 286 g/mol. The average Bonchev–Trinajstić information content (AvgIpc) is 2.71. The summed E-state index contributed by atoms with van der Waals surface area (Å²) in [5.41, 5.74) is -0.178. The molecule has 0 aromatic rings. The second-order valence-electron chi connectivity index (χ2n) is 5.20. The third kappa shape index (κ3) is 4.50. The van der Waals surface area contributed by atoms with Crippen LogP contribution < -0.4 is 10.6 Å². The zero-order chi connectivity index (χ0) is 15.2. The Morgan fingerprint density at radius 1 is 1.55 bits per heavy atom. The highest BCUT2D eigenvalue weighted by molar-refractivity contribution is 5.79. The Labute approximate surface area is 118 Å². The molecule has 1 saturated heterocycles. The summed E-state index contributed by atoms with van der Waals surface area (Å²) in [6, 6.07) is -0.969. The fourth-order valence-corrected chi connectivity index (χ4v) is 1.78. The summed E-state index contributed by atoms with van der Waals surface area (Å²) in [6.07, 6.45) is 0. The number of carboxylic acids is 1. The van der Waals surface area contributed by atoms with Crippen LogP contribution in [0.15, 0.2) is 12.2 Å². The van der Waals surface area contributed by atoms with E-state index < -0.39 is 23.5 Å². The number of carbonyl (C=O) groups excluding carboxylic acids is 1. The number of hydrogen-bond acceptors (Lipinski definition) is 4. The maximum Gasteiger partial charge on any atom is 0.315 e. The molecular formula is C13H22N2O5. The van der Waals surface area contributed by atoms with Gasteiger partial charge in [0, 0.05) is 6.54 Å². The van der Waals surface area contributed by atoms with Crippen molar-refractivity contribution in [2.75, 3.05) is 33.0 Å². The van der Waals surface area contributed by atoms with E-state index in [1.807, 2.05) is 6.92 Å². The number of carboxylic acid groups (broad SMARTS) is 1. The van der Waals surface area contributed by atoms with Gasteiger partial charge >= 0.3 is 12.0 Å². The summed E-state index contributed by atoms with van der Waals surface area (Å²) in [4.78, 5) is 22.9. The Bertz CT molecular complexity index is 385. The van der Waals surface area contributed by atoms with Gasteiger partial charge in [-0.2, -0.15) is 0 Å². The molecule has 7 nitrogen and oxygen atoms in total. The van der Waals surface area contributed by atoms with Gasteiger partial charge in [-0.3, -0.25) is 4.79 Å². The highest BCUT2D eigenvalue weighted by atomic mass is 16.5. The molecule has 0 aromatic heterocycles. The van der Waals surface area contributed by atoms with Gasteiger partial charge in [0.05, 0.1) is 32.5 Å². The van der Waals surface area contributed by atoms with Crippen molar-refractivity contribution in [3.8, 4) is 0 Å². The fourth-order valence-electron chi connectivity index (χ4n) is 1.78. The predicted octanol–water partition coefficient (Wildman–Crippen LogP) is 0.368. The van der Waals surface area contributed by atoms with Crippen LogP contribution in [0.4, 0.5) is 4.79 Å². The molecule has 1 fully saturated rings. The molecule has 1 aliphatic rings. The van der Waals surface area contributed by atoms with Crippen LogP contribution in [-0.4, -0.2) is 56.1 Å². The molecule has 20 heavy (non-hydrogen) atoms. The zero-order valence-electron chi connectivity index (χ0n) is 11.9. The molecule has 0 aliphatic carbocycles. The molecule has 0 radical (unpaired) electrons. The Hall–Kier alpha value is -1.60. The summed E-state index contributed by atoms with van der Waals surface area (Å²) in [5, 5.41) is 14.4. The number of hydrogen-bond donors (Lipinski definition) is 3. The molecule has 1 rings (SSSR count). The minimum absolute atomic E-state index is 0.0923. The SMILES string of the molecule is C=C(C)COCCNC(=O)NC1COCC1(C)C(=O)O. The molecular weight excluding hydrogens is 264 g/mol. The van der Waals surface area contributed by atoms with Crippen molar-refractivity contribution < 1.29 is 24.2 Å². The maximum absolute atomic E-state index is 11.7. The van der Waals surface area contributed by atoms with Gasteiger partial charge in [-0.1, -0.05) is 12.2 Å². The second kappa shape index (κ2) is 7.25. The van der Waals surface area contributed by atoms with E-state index in [0.717, 1.165) is 5.57 Å². The summed E-state index contributed by atoms with van der Waals surface area (Å²) >= 11 is 0. The molecule has 0 spiro atoms. The number of rotatable bonds is 7. The van der Waals surface area contributed by atoms with E-state index in [1.54, 1.807) is 6.92 Å². The Morgan fingerprint density at radius 3 is 2.85 bits per heavy atom. The molecule has 2 amide bonds. The van der Waals surface area contributed by atoms with Crippen molar-refractivity contribution in [1.82, 2.24) is 10.6 Å². The van der Waals surface area contributed by atoms with E-state index in [4.69, 9.17) is 9.47 Å². The molecule has 3 N–H and O–H groups in total. The minimum Gasteiger partial charge on any atom is -0.481 e. The lowest BCUT2D eigenvalue weighted by Gasteiger charge is -2.25. The highest BCUT2D eigenvalue weighted by Gasteiger charge is 2.47. The maximum atomic E-state index is 11.7. The smallest absolute Gasteiger partial charge is 0.315 e. The highest BCUT2D eigenvalue weighted by Crippen LogP contribution is 2.28. The molecule has 0 saturated carbocycles. The molecule has 1 aliphatic heterocycles. The van der Waals surface area contributed by atoms with Crippen LogP contribution in [0, 0.1) is 5.41 Å². The molecule has 0 bridgehead atoms. The van der Waals surface area contributed by atoms with Crippen molar-refractivity contribution in [3.05, 3.63) is 12.2 Å². The minimum atomic E-state index is -1.09. The van der Waals surface area contributed by atoms with E-state index in [9.17, 15) is 14.7 Å². The first-order chi connectivity index (χ1) is 9.36. The Morgan fingerprint density at radius 2 is 2.25 bits per heavy atom. The van der Waals surface area contributed by atoms with Crippen LogP contribution in [0.2, 0.25) is 0 Å². The normalized spacial score (nSPS) is 25.2. The summed E-state index contributed by atoms with van der Waals surface area (Å²) < 4.78 is 10.4. The van der Waals surface area contributed by atoms with Gasteiger partial charge in [-0.15, -0.1) is 0 Å². The standard InChI is InChI=1S/C13H22N2O5/c1-9(2)6-19-5-4-14-12(18)15-10-7-20-8-13(10,3)11(16)17/h10H,1,4-8H2,2-3H3,(H,16,17)(H2,14,15,18). The van der Waals surface area contributed by atoms with E-state index >= 15 is 0 Å². The van der Waals surface area contributed by atoms with Crippen LogP contribution in [0.3, 0.4) is 0 Å². The van der Waals surface area contributed by atoms with E-state index in [-0.39, 0.29) is 13.2 Å². The number of nitrogens with one attached hydrogen (secondary N) is 2. The molecule has 114 valence electrons. The van der Waals surface area contributed by atoms with Crippen molar-refractivity contribution in [1.29, 1.82) is 0 Å². The van der Waals surface area contributed by atoms with Crippen LogP contribution >= 0.6 is 0 Å². The van der Waals surface area contributed by atoms with Crippen molar-refractivity contribution in [2.45, 2.75) is 19.9 Å². The molecule has 1 heterocycles. The second-order valence-corrected chi connectivity index (χ2v) is 5.20. The number of aliphatic carboxylic acids is 1. The van der Waals surface area contributed by atoms with Crippen LogP contribution in [-0.2, 0) is 14.3 Å². The van der Waals surface area contributed by atoms with E-state index in [0.29, 0.717) is 19.8 Å². The first kappa shape index (κ1) is 16.5. The molecule has 2 atom stereocenters. The van der Waals surface area contributed by atoms with Gasteiger partial charge in [0.1, 0.15) is 5.41 Å². The fraction of sp³-hybridized carbons (Fsp3) is 0.692. The summed E-state index contributed by atoms with van der Waals surface area (Å²) in [7, 11) is 0. The van der Waals surface area contributed by atoms with Gasteiger partial charge in [0.2, 0.25) is 0 Å². The van der Waals surface area contributed by atoms with Gasteiger partial charge in [-0.25, -0.2) is 4.79 Å². The van der Waals surface area contributed by atoms with Crippen LogP contribution in [0.1, 0.15) is 13.8 Å². The Balaban J connectivity index is 2.28. The third-order valence-electron chi connectivity index (χ3n) is 3.13. The lowest BCUT2D eigenvalue weighted by atomic mass is 9.85. The van der Waals surface area contributed by atoms with Crippen molar-refractivity contribution in [2.24, 2.45) is 5.41 Å². The van der Waals surface area contributed by atoms with Crippen molar-refractivity contribution in [3.63, 3.8) is 0 Å². The summed E-state index contributed by atoms with van der Waals surface area (Å²) in [6.45, 7) is 8.57. The zero-order valence-corrected chi connectivity index (χ0v) is 11.9. The summed E-state index contributed by atoms with van der Waals surface area (Å²) in [5.74, 6) is -0.981. The third-order valence-corrected chi connectivity index (χ3v) is 3.13. The van der Waals surface area contributed by atoms with E-state index in [2.05, 4.69) is 17.2 Å². The van der Waals surface area contributed by atoms with Gasteiger partial charge < -0.3 is 25.2 Å². The number of ether oxygens (including phenoxy) is 2. The van der Waals surface area contributed by atoms with Crippen molar-refractivity contribution >= 4 is 12.0 Å². The first-order valence-corrected chi connectivity index (χ1v) is 6.44. The van der Waals surface area contributed by atoms with Gasteiger partial charge in [0.25, 0.3) is 0 Å².